The number of amides is 1. The first-order valence-corrected chi connectivity index (χ1v) is 13.0. The van der Waals surface area contributed by atoms with Gasteiger partial charge in [-0.15, -0.1) is 0 Å². The van der Waals surface area contributed by atoms with Crippen molar-refractivity contribution in [2.45, 2.75) is 33.4 Å². The summed E-state index contributed by atoms with van der Waals surface area (Å²) in [5.74, 6) is -1.61. The molecule has 0 bridgehead atoms. The van der Waals surface area contributed by atoms with E-state index in [1.165, 1.54) is 18.0 Å². The van der Waals surface area contributed by atoms with Gasteiger partial charge in [0, 0.05) is 24.9 Å². The molecule has 9 heteroatoms. The van der Waals surface area contributed by atoms with Crippen LogP contribution in [0.2, 0.25) is 0 Å². The van der Waals surface area contributed by atoms with Crippen molar-refractivity contribution in [1.82, 2.24) is 9.97 Å². The normalized spacial score (nSPS) is 16.5. The van der Waals surface area contributed by atoms with Crippen molar-refractivity contribution in [2.24, 2.45) is 0 Å². The first-order valence-electron chi connectivity index (χ1n) is 12.2. The summed E-state index contributed by atoms with van der Waals surface area (Å²) in [5, 5.41) is 11.5. The predicted molar refractivity (Wildman–Crippen MR) is 148 cm³/mol. The highest BCUT2D eigenvalue weighted by molar-refractivity contribution is 7.18. The van der Waals surface area contributed by atoms with Crippen LogP contribution in [0.4, 0.5) is 5.13 Å². The van der Waals surface area contributed by atoms with E-state index < -0.39 is 17.7 Å². The smallest absolute Gasteiger partial charge is 0.301 e. The first kappa shape index (κ1) is 26.0. The zero-order valence-electron chi connectivity index (χ0n) is 21.5. The number of rotatable bonds is 7. The Kier molecular flexibility index (Phi) is 7.08. The fourth-order valence-electron chi connectivity index (χ4n) is 4.53. The van der Waals surface area contributed by atoms with E-state index in [0.29, 0.717) is 34.1 Å². The lowest BCUT2D eigenvalue weighted by atomic mass is 9.96. The second-order valence-electron chi connectivity index (χ2n) is 9.22. The third-order valence-electron chi connectivity index (χ3n) is 6.37. The third kappa shape index (κ3) is 5.08. The molecule has 0 aliphatic carbocycles. The lowest BCUT2D eigenvalue weighted by molar-refractivity contribution is -0.132. The van der Waals surface area contributed by atoms with Crippen molar-refractivity contribution in [3.8, 4) is 5.75 Å². The summed E-state index contributed by atoms with van der Waals surface area (Å²) >= 11 is 1.04. The molecule has 5 rings (SSSR count). The molecule has 196 valence electrons. The van der Waals surface area contributed by atoms with Crippen molar-refractivity contribution in [3.63, 3.8) is 0 Å². The van der Waals surface area contributed by atoms with Gasteiger partial charge in [0.25, 0.3) is 5.78 Å². The summed E-state index contributed by atoms with van der Waals surface area (Å²) in [6.07, 6.45) is 3.11. The number of anilines is 1. The molecule has 0 spiro atoms. The fourth-order valence-corrected chi connectivity index (χ4v) is 5.52. The number of ketones is 2. The minimum atomic E-state index is -0.971. The van der Waals surface area contributed by atoms with E-state index in [-0.39, 0.29) is 22.2 Å². The van der Waals surface area contributed by atoms with Crippen molar-refractivity contribution in [2.75, 3.05) is 4.90 Å². The molecule has 3 heterocycles. The molecule has 1 atom stereocenters. The Morgan fingerprint density at radius 1 is 1.08 bits per heavy atom. The number of nitrogens with zero attached hydrogens (tertiary/aromatic N) is 3. The number of aliphatic hydroxyl groups is 1. The molecule has 2 aromatic carbocycles. The number of aromatic nitrogens is 2. The van der Waals surface area contributed by atoms with Gasteiger partial charge in [-0.1, -0.05) is 47.2 Å². The van der Waals surface area contributed by atoms with Gasteiger partial charge in [-0.2, -0.15) is 0 Å². The number of benzene rings is 2. The Bertz CT molecular complexity index is 1610. The molecular weight excluding hydrogens is 514 g/mol. The standard InChI is InChI=1S/C30H25N3O5S/c1-17-6-4-7-20(14-17)16-38-23-11-9-21(10-12-23)26(35)24-25(22-8-5-13-31-15-22)33(29(37)27(24)36)30-32-18(2)28(39-30)19(3)34/h4-15,25,35H,16H2,1-3H3. The predicted octanol–water partition coefficient (Wildman–Crippen LogP) is 5.56. The topological polar surface area (TPSA) is 110 Å². The number of aliphatic hydroxyl groups excluding tert-OH is 1. The van der Waals surface area contributed by atoms with Crippen LogP contribution in [0.5, 0.6) is 5.75 Å². The lowest BCUT2D eigenvalue weighted by Crippen LogP contribution is -2.29. The van der Waals surface area contributed by atoms with Crippen LogP contribution < -0.4 is 9.64 Å². The van der Waals surface area contributed by atoms with Gasteiger partial charge >= 0.3 is 5.91 Å². The van der Waals surface area contributed by atoms with E-state index in [4.69, 9.17) is 4.74 Å². The van der Waals surface area contributed by atoms with Crippen molar-refractivity contribution >= 4 is 39.7 Å². The number of carbonyl (C=O) groups excluding carboxylic acids is 3. The lowest BCUT2D eigenvalue weighted by Gasteiger charge is -2.22. The number of hydrogen-bond acceptors (Lipinski definition) is 8. The van der Waals surface area contributed by atoms with Crippen LogP contribution in [0, 0.1) is 13.8 Å². The molecule has 0 saturated carbocycles. The van der Waals surface area contributed by atoms with Crippen molar-refractivity contribution in [1.29, 1.82) is 0 Å². The molecule has 8 nitrogen and oxygen atoms in total. The summed E-state index contributed by atoms with van der Waals surface area (Å²) < 4.78 is 5.87. The van der Waals surface area contributed by atoms with Gasteiger partial charge in [0.2, 0.25) is 0 Å². The molecule has 1 aliphatic rings. The van der Waals surface area contributed by atoms with Crippen LogP contribution in [-0.2, 0) is 16.2 Å². The molecule has 1 saturated heterocycles. The maximum Gasteiger partial charge on any atom is 0.301 e. The van der Waals surface area contributed by atoms with Gasteiger partial charge in [-0.3, -0.25) is 24.3 Å². The van der Waals surface area contributed by atoms with Crippen LogP contribution in [0.1, 0.15) is 50.6 Å². The number of carbonyl (C=O) groups is 3. The fraction of sp³-hybridized carbons (Fsp3) is 0.167. The molecule has 1 aliphatic heterocycles. The molecule has 2 aromatic heterocycles. The molecule has 1 amide bonds. The molecule has 4 aromatic rings. The van der Waals surface area contributed by atoms with Gasteiger partial charge in [-0.05, 0) is 55.3 Å². The van der Waals surface area contributed by atoms with E-state index in [1.54, 1.807) is 49.5 Å². The molecule has 1 N–H and O–H groups in total. The zero-order valence-corrected chi connectivity index (χ0v) is 22.4. The van der Waals surface area contributed by atoms with Gasteiger partial charge in [0.15, 0.2) is 10.9 Å². The summed E-state index contributed by atoms with van der Waals surface area (Å²) in [6.45, 7) is 5.50. The highest BCUT2D eigenvalue weighted by Gasteiger charge is 2.48. The second kappa shape index (κ2) is 10.6. The second-order valence-corrected chi connectivity index (χ2v) is 10.2. The summed E-state index contributed by atoms with van der Waals surface area (Å²) in [7, 11) is 0. The maximum absolute atomic E-state index is 13.3. The first-order chi connectivity index (χ1) is 18.7. The average Bonchev–Trinajstić information content (AvgIpc) is 3.44. The SMILES string of the molecule is CC(=O)c1sc(N2C(=O)C(=O)C(=C(O)c3ccc(OCc4cccc(C)c4)cc3)C2c2cccnc2)nc1C. The minimum Gasteiger partial charge on any atom is -0.507 e. The van der Waals surface area contributed by atoms with Crippen LogP contribution in [0.25, 0.3) is 5.76 Å². The van der Waals surface area contributed by atoms with Gasteiger partial charge in [-0.25, -0.2) is 4.98 Å². The highest BCUT2D eigenvalue weighted by atomic mass is 32.1. The Morgan fingerprint density at radius 3 is 2.49 bits per heavy atom. The number of thiazole rings is 1. The van der Waals surface area contributed by atoms with Crippen LogP contribution in [-0.4, -0.2) is 32.5 Å². The Labute approximate surface area is 229 Å². The Balaban J connectivity index is 1.51. The molecular formula is C30H25N3O5S. The Hall–Kier alpha value is -4.63. The average molecular weight is 540 g/mol. The zero-order chi connectivity index (χ0) is 27.7. The molecule has 0 radical (unpaired) electrons. The number of ether oxygens (including phenoxy) is 1. The largest absolute Gasteiger partial charge is 0.507 e. The molecule has 1 unspecified atom stereocenters. The summed E-state index contributed by atoms with van der Waals surface area (Å²) in [4.78, 5) is 48.9. The Morgan fingerprint density at radius 2 is 1.85 bits per heavy atom. The summed E-state index contributed by atoms with van der Waals surface area (Å²) in [6, 6.07) is 17.1. The number of aryl methyl sites for hydroxylation is 2. The summed E-state index contributed by atoms with van der Waals surface area (Å²) in [5.41, 5.74) is 3.43. The van der Waals surface area contributed by atoms with Gasteiger partial charge in [0.1, 0.15) is 18.1 Å². The maximum atomic E-state index is 13.3. The van der Waals surface area contributed by atoms with E-state index >= 15 is 0 Å². The van der Waals surface area contributed by atoms with E-state index in [1.807, 2.05) is 31.2 Å². The van der Waals surface area contributed by atoms with E-state index in [9.17, 15) is 19.5 Å². The van der Waals surface area contributed by atoms with Crippen LogP contribution >= 0.6 is 11.3 Å². The van der Waals surface area contributed by atoms with Crippen LogP contribution in [0.3, 0.4) is 0 Å². The number of hydrogen-bond donors (Lipinski definition) is 1. The van der Waals surface area contributed by atoms with E-state index in [0.717, 1.165) is 22.5 Å². The molecule has 39 heavy (non-hydrogen) atoms. The number of Topliss-reactive ketones (excluding diaryl/α,β-unsaturated/α-hetero) is 2. The van der Waals surface area contributed by atoms with E-state index in [2.05, 4.69) is 9.97 Å². The highest BCUT2D eigenvalue weighted by Crippen LogP contribution is 2.43. The van der Waals surface area contributed by atoms with Crippen LogP contribution in [0.15, 0.2) is 78.6 Å². The minimum absolute atomic E-state index is 0.0846. The molecule has 1 fully saturated rings. The van der Waals surface area contributed by atoms with Gasteiger partial charge in [0.05, 0.1) is 22.2 Å². The van der Waals surface area contributed by atoms with Gasteiger partial charge < -0.3 is 9.84 Å². The third-order valence-corrected chi connectivity index (χ3v) is 7.63. The quantitative estimate of drug-likeness (QED) is 0.142. The van der Waals surface area contributed by atoms with Crippen molar-refractivity contribution in [3.05, 3.63) is 111 Å². The van der Waals surface area contributed by atoms with Crippen molar-refractivity contribution < 1.29 is 24.2 Å². The monoisotopic (exact) mass is 539 g/mol. The number of pyridine rings is 1.